The van der Waals surface area contributed by atoms with Gasteiger partial charge in [-0.05, 0) is 65.1 Å². The molecule has 0 bridgehead atoms. The fraction of sp³-hybridized carbons (Fsp3) is 0.378. The van der Waals surface area contributed by atoms with Gasteiger partial charge in [-0.3, -0.25) is 0 Å². The molecule has 1 aliphatic rings. The van der Waals surface area contributed by atoms with Crippen molar-refractivity contribution in [3.8, 4) is 17.2 Å². The lowest BCUT2D eigenvalue weighted by atomic mass is 9.75. The van der Waals surface area contributed by atoms with E-state index in [2.05, 4.69) is 53.0 Å². The summed E-state index contributed by atoms with van der Waals surface area (Å²) < 4.78 is 32.8. The molecule has 300 valence electrons. The van der Waals surface area contributed by atoms with Crippen molar-refractivity contribution in [1.29, 1.82) is 0 Å². The molecule has 0 heterocycles. The minimum absolute atomic E-state index is 0.0132. The summed E-state index contributed by atoms with van der Waals surface area (Å²) in [6.07, 6.45) is 6.10. The quantitative estimate of drug-likeness (QED) is 0.0824. The Kier molecular flexibility index (Phi) is 16.0. The Morgan fingerprint density at radius 2 is 1.00 bits per heavy atom. The number of ether oxygens (including phenoxy) is 6. The van der Waals surface area contributed by atoms with Crippen molar-refractivity contribution in [2.24, 2.45) is 0 Å². The van der Waals surface area contributed by atoms with Gasteiger partial charge in [0.25, 0.3) is 0 Å². The molecule has 1 aliphatic carbocycles. The standard InChI is InChI=1S/C45H54O11/c1-7-42(49)55-29-36(47)27-53-40-21-13-33(14-22-40)44(3,4)31-9-17-38(18-10-31)51-25-35(46)26-52-39-19-11-32(12-20-39)45(5,6)34-15-23-41(24-16-34)54-28-37(48)30-56-43(50)8-2/h7-19,21-24,35-37,39,46-48H,1-2,20,25-30H2,3-6H3. The topological polar surface area (TPSA) is 150 Å². The Morgan fingerprint density at radius 1 is 0.625 bits per heavy atom. The zero-order valence-corrected chi connectivity index (χ0v) is 32.6. The lowest BCUT2D eigenvalue weighted by Gasteiger charge is -2.30. The van der Waals surface area contributed by atoms with E-state index in [0.717, 1.165) is 34.4 Å². The third kappa shape index (κ3) is 12.9. The summed E-state index contributed by atoms with van der Waals surface area (Å²) in [6.45, 7) is 15.0. The van der Waals surface area contributed by atoms with Crippen molar-refractivity contribution < 1.29 is 53.3 Å². The molecule has 11 nitrogen and oxygen atoms in total. The van der Waals surface area contributed by atoms with E-state index in [9.17, 15) is 24.9 Å². The van der Waals surface area contributed by atoms with Crippen LogP contribution in [0, 0.1) is 0 Å². The van der Waals surface area contributed by atoms with Gasteiger partial charge in [-0.1, -0.05) is 95.5 Å². The third-order valence-electron chi connectivity index (χ3n) is 9.51. The van der Waals surface area contributed by atoms with Crippen LogP contribution in [-0.4, -0.2) is 91.3 Å². The number of hydrogen-bond donors (Lipinski definition) is 3. The molecule has 0 saturated carbocycles. The van der Waals surface area contributed by atoms with Crippen LogP contribution >= 0.6 is 0 Å². The molecular formula is C45H54O11. The second-order valence-electron chi connectivity index (χ2n) is 14.5. The molecule has 0 amide bonds. The predicted molar refractivity (Wildman–Crippen MR) is 213 cm³/mol. The fourth-order valence-corrected chi connectivity index (χ4v) is 5.86. The number of carbonyl (C=O) groups is 2. The molecule has 0 spiro atoms. The molecule has 4 atom stereocenters. The van der Waals surface area contributed by atoms with Crippen LogP contribution in [0.15, 0.2) is 122 Å². The second kappa shape index (κ2) is 20.6. The van der Waals surface area contributed by atoms with Crippen molar-refractivity contribution >= 4 is 11.9 Å². The molecule has 56 heavy (non-hydrogen) atoms. The Labute approximate surface area is 329 Å². The molecule has 11 heteroatoms. The van der Waals surface area contributed by atoms with Gasteiger partial charge >= 0.3 is 11.9 Å². The van der Waals surface area contributed by atoms with Crippen LogP contribution in [0.5, 0.6) is 17.2 Å². The number of aliphatic hydroxyl groups excluding tert-OH is 3. The van der Waals surface area contributed by atoms with E-state index in [-0.39, 0.29) is 56.6 Å². The Balaban J connectivity index is 1.17. The lowest BCUT2D eigenvalue weighted by Crippen LogP contribution is -2.27. The Bertz CT molecular complexity index is 1790. The molecule has 3 N–H and O–H groups in total. The summed E-state index contributed by atoms with van der Waals surface area (Å²) in [4.78, 5) is 22.3. The largest absolute Gasteiger partial charge is 0.491 e. The molecule has 3 aromatic carbocycles. The molecule has 0 saturated heterocycles. The second-order valence-corrected chi connectivity index (χ2v) is 14.5. The average molecular weight is 771 g/mol. The van der Waals surface area contributed by atoms with Crippen molar-refractivity contribution in [1.82, 2.24) is 0 Å². The fourth-order valence-electron chi connectivity index (χ4n) is 5.86. The molecule has 4 unspecified atom stereocenters. The van der Waals surface area contributed by atoms with Crippen LogP contribution in [0.25, 0.3) is 0 Å². The normalized spacial score (nSPS) is 15.8. The van der Waals surface area contributed by atoms with E-state index in [1.807, 2.05) is 78.9 Å². The molecule has 4 rings (SSSR count). The van der Waals surface area contributed by atoms with Gasteiger partial charge < -0.3 is 43.7 Å². The van der Waals surface area contributed by atoms with E-state index in [4.69, 9.17) is 28.4 Å². The van der Waals surface area contributed by atoms with Crippen molar-refractivity contribution in [3.63, 3.8) is 0 Å². The molecule has 3 aromatic rings. The first kappa shape index (κ1) is 43.5. The third-order valence-corrected chi connectivity index (χ3v) is 9.51. The van der Waals surface area contributed by atoms with Gasteiger partial charge in [0.2, 0.25) is 0 Å². The van der Waals surface area contributed by atoms with Gasteiger partial charge in [0, 0.05) is 23.0 Å². The van der Waals surface area contributed by atoms with E-state index in [0.29, 0.717) is 23.7 Å². The van der Waals surface area contributed by atoms with Gasteiger partial charge in [-0.15, -0.1) is 0 Å². The number of aliphatic hydroxyl groups is 3. The van der Waals surface area contributed by atoms with Gasteiger partial charge in [-0.25, -0.2) is 9.59 Å². The highest BCUT2D eigenvalue weighted by Gasteiger charge is 2.27. The molecule has 0 fully saturated rings. The van der Waals surface area contributed by atoms with Gasteiger partial charge in [0.1, 0.15) is 68.6 Å². The highest BCUT2D eigenvalue weighted by Crippen LogP contribution is 2.36. The zero-order valence-electron chi connectivity index (χ0n) is 32.6. The van der Waals surface area contributed by atoms with Crippen LogP contribution < -0.4 is 14.2 Å². The highest BCUT2D eigenvalue weighted by molar-refractivity contribution is 5.81. The zero-order chi connectivity index (χ0) is 40.7. The van der Waals surface area contributed by atoms with Gasteiger partial charge in [-0.2, -0.15) is 0 Å². The first-order valence-corrected chi connectivity index (χ1v) is 18.5. The van der Waals surface area contributed by atoms with Gasteiger partial charge in [0.15, 0.2) is 0 Å². The first-order valence-electron chi connectivity index (χ1n) is 18.5. The molecule has 0 aromatic heterocycles. The highest BCUT2D eigenvalue weighted by atomic mass is 16.6. The average Bonchev–Trinajstić information content (AvgIpc) is 3.22. The number of hydrogen-bond acceptors (Lipinski definition) is 11. The molecular weight excluding hydrogens is 716 g/mol. The minimum Gasteiger partial charge on any atom is -0.491 e. The van der Waals surface area contributed by atoms with E-state index in [1.165, 1.54) is 0 Å². The smallest absolute Gasteiger partial charge is 0.330 e. The van der Waals surface area contributed by atoms with E-state index >= 15 is 0 Å². The van der Waals surface area contributed by atoms with Crippen molar-refractivity contribution in [3.05, 3.63) is 139 Å². The maximum atomic E-state index is 11.2. The van der Waals surface area contributed by atoms with Crippen LogP contribution in [-0.2, 0) is 34.6 Å². The number of esters is 2. The van der Waals surface area contributed by atoms with Gasteiger partial charge in [0.05, 0.1) is 12.7 Å². The summed E-state index contributed by atoms with van der Waals surface area (Å²) >= 11 is 0. The van der Waals surface area contributed by atoms with Crippen molar-refractivity contribution in [2.75, 3.05) is 39.6 Å². The Hall–Kier alpha value is -5.20. The summed E-state index contributed by atoms with van der Waals surface area (Å²) in [5, 5.41) is 30.6. The van der Waals surface area contributed by atoms with Crippen LogP contribution in [0.1, 0.15) is 50.8 Å². The number of carbonyl (C=O) groups excluding carboxylic acids is 2. The van der Waals surface area contributed by atoms with Crippen LogP contribution in [0.3, 0.4) is 0 Å². The SMILES string of the molecule is C=CC(=O)OCC(O)COc1ccc(C(C)(C)C2=CCC(OCC(O)COc3ccc(C(C)(C)c4ccc(OCC(O)COC(=O)C=C)cc4)cc3)C=C2)cc1. The Morgan fingerprint density at radius 3 is 1.36 bits per heavy atom. The summed E-state index contributed by atoms with van der Waals surface area (Å²) in [6, 6.07) is 23.1. The van der Waals surface area contributed by atoms with Crippen LogP contribution in [0.2, 0.25) is 0 Å². The number of allylic oxidation sites excluding steroid dienone is 2. The lowest BCUT2D eigenvalue weighted by molar-refractivity contribution is -0.142. The molecule has 0 aliphatic heterocycles. The molecule has 0 radical (unpaired) electrons. The summed E-state index contributed by atoms with van der Waals surface area (Å²) in [5.41, 5.74) is 3.77. The van der Waals surface area contributed by atoms with Crippen LogP contribution in [0.4, 0.5) is 0 Å². The monoisotopic (exact) mass is 770 g/mol. The predicted octanol–water partition coefficient (Wildman–Crippen LogP) is 5.94. The van der Waals surface area contributed by atoms with E-state index < -0.39 is 30.3 Å². The maximum absolute atomic E-state index is 11.2. The first-order chi connectivity index (χ1) is 26.7. The number of benzene rings is 3. The summed E-state index contributed by atoms with van der Waals surface area (Å²) in [5.74, 6) is 0.626. The summed E-state index contributed by atoms with van der Waals surface area (Å²) in [7, 11) is 0. The maximum Gasteiger partial charge on any atom is 0.330 e. The number of rotatable bonds is 22. The van der Waals surface area contributed by atoms with E-state index in [1.54, 1.807) is 0 Å². The van der Waals surface area contributed by atoms with Crippen molar-refractivity contribution in [2.45, 2.75) is 69.4 Å². The minimum atomic E-state index is -0.955.